The molecule has 2 unspecified atom stereocenters. The van der Waals surface area contributed by atoms with Gasteiger partial charge in [-0.3, -0.25) is 14.7 Å². The summed E-state index contributed by atoms with van der Waals surface area (Å²) in [5, 5.41) is 13.8. The summed E-state index contributed by atoms with van der Waals surface area (Å²) < 4.78 is 31.2. The predicted octanol–water partition coefficient (Wildman–Crippen LogP) is 1.89. The van der Waals surface area contributed by atoms with Gasteiger partial charge in [-0.05, 0) is 49.8 Å². The molecule has 12 nitrogen and oxygen atoms in total. The Bertz CT molecular complexity index is 1200. The number of aliphatic hydroxyl groups excluding tert-OH is 1. The van der Waals surface area contributed by atoms with Crippen molar-refractivity contribution in [3.63, 3.8) is 0 Å². The maximum Gasteiger partial charge on any atom is 0.527 e. The molecule has 1 saturated carbocycles. The van der Waals surface area contributed by atoms with Crippen LogP contribution in [0.2, 0.25) is 5.28 Å². The lowest BCUT2D eigenvalue weighted by molar-refractivity contribution is -0.151. The number of fused-ring (bicyclic) bond motifs is 1. The number of aliphatic hydroxyl groups is 1. The summed E-state index contributed by atoms with van der Waals surface area (Å²) in [6.07, 6.45) is 6.28. The number of imidazole rings is 1. The first-order valence-corrected chi connectivity index (χ1v) is 12.7. The van der Waals surface area contributed by atoms with Crippen molar-refractivity contribution in [1.29, 1.82) is 0 Å². The molecule has 0 radical (unpaired) electrons. The number of nitrogen functional groups attached to an aromatic ring is 1. The molecule has 2 aliphatic rings. The second-order valence-electron chi connectivity index (χ2n) is 8.98. The van der Waals surface area contributed by atoms with Gasteiger partial charge < -0.3 is 20.3 Å². The van der Waals surface area contributed by atoms with Crippen LogP contribution >= 0.6 is 19.6 Å². The minimum atomic E-state index is -2.31. The van der Waals surface area contributed by atoms with E-state index in [-0.39, 0.29) is 36.2 Å². The van der Waals surface area contributed by atoms with Crippen LogP contribution in [0.1, 0.15) is 46.3 Å². The van der Waals surface area contributed by atoms with Crippen LogP contribution in [-0.4, -0.2) is 66.3 Å². The van der Waals surface area contributed by atoms with Crippen LogP contribution in [0.4, 0.5) is 5.82 Å². The molecule has 5 atom stereocenters. The second-order valence-corrected chi connectivity index (χ2v) is 10.9. The lowest BCUT2D eigenvalue weighted by Gasteiger charge is -2.24. The van der Waals surface area contributed by atoms with E-state index in [2.05, 4.69) is 26.2 Å². The van der Waals surface area contributed by atoms with Crippen molar-refractivity contribution in [3.8, 4) is 12.3 Å². The van der Waals surface area contributed by atoms with Gasteiger partial charge in [0.05, 0.1) is 12.4 Å². The average Bonchev–Trinajstić information content (AvgIpc) is 3.32. The number of nitrogens with two attached hydrogens (primary N) is 1. The van der Waals surface area contributed by atoms with Gasteiger partial charge in [-0.15, -0.1) is 10.9 Å². The van der Waals surface area contributed by atoms with Gasteiger partial charge in [-0.25, -0.2) is 4.98 Å². The number of halogens is 1. The van der Waals surface area contributed by atoms with E-state index >= 15 is 0 Å². The first kappa shape index (κ1) is 25.7. The van der Waals surface area contributed by atoms with Crippen molar-refractivity contribution < 1.29 is 28.5 Å². The SMILES string of the molecule is C#C[C@]1(CO[P+](=O)C(C)NC2(C(=O)OC(C)C)CC2)O[C@@H](n2cnc3c(N)nc(Cl)nc32)C[C@@H]1O. The fourth-order valence-electron chi connectivity index (χ4n) is 3.93. The zero-order valence-corrected chi connectivity index (χ0v) is 21.1. The van der Waals surface area contributed by atoms with E-state index < -0.39 is 37.3 Å². The van der Waals surface area contributed by atoms with Crippen molar-refractivity contribution in [2.75, 3.05) is 12.3 Å². The Balaban J connectivity index is 1.42. The smallest absolute Gasteiger partial charge is 0.462 e. The van der Waals surface area contributed by atoms with Gasteiger partial charge in [0, 0.05) is 6.42 Å². The fraction of sp³-hybridized carbons (Fsp3) is 0.619. The molecule has 0 bridgehead atoms. The highest BCUT2D eigenvalue weighted by molar-refractivity contribution is 7.39. The highest BCUT2D eigenvalue weighted by Crippen LogP contribution is 2.43. The van der Waals surface area contributed by atoms with Crippen LogP contribution in [0, 0.1) is 12.3 Å². The molecule has 2 aromatic rings. The van der Waals surface area contributed by atoms with Crippen molar-refractivity contribution in [3.05, 3.63) is 11.6 Å². The molecule has 35 heavy (non-hydrogen) atoms. The summed E-state index contributed by atoms with van der Waals surface area (Å²) in [5.74, 6) is 1.50. The van der Waals surface area contributed by atoms with Crippen molar-refractivity contribution in [2.45, 2.75) is 75.4 Å². The minimum absolute atomic E-state index is 0.0639. The number of hydrogen-bond acceptors (Lipinski definition) is 11. The molecule has 2 fully saturated rings. The number of nitrogens with zero attached hydrogens (tertiary/aromatic N) is 4. The highest BCUT2D eigenvalue weighted by atomic mass is 35.5. The molecule has 0 spiro atoms. The Morgan fingerprint density at radius 2 is 2.20 bits per heavy atom. The molecule has 3 heterocycles. The van der Waals surface area contributed by atoms with Crippen LogP contribution in [-0.2, 0) is 23.4 Å². The van der Waals surface area contributed by atoms with Crippen LogP contribution in [0.15, 0.2) is 6.33 Å². The summed E-state index contributed by atoms with van der Waals surface area (Å²) >= 11 is 5.93. The zero-order valence-electron chi connectivity index (χ0n) is 19.5. The van der Waals surface area contributed by atoms with E-state index in [0.717, 1.165) is 0 Å². The van der Waals surface area contributed by atoms with E-state index in [1.54, 1.807) is 25.3 Å². The molecular formula is C21H27ClN6O6P+. The standard InChI is InChI=1S/C21H27ClN6O6P/c1-5-21(9-32-35(31)12(4)27-20(6-7-20)18(30)33-11(2)3)13(29)8-14(34-21)28-10-24-15-16(23)25-19(22)26-17(15)28/h1,10-14,27,29H,6-9H2,2-4H3,(H2,23,25,26)/q+1/t12?,13-,14+,21+/m0/s1. The van der Waals surface area contributed by atoms with E-state index in [1.165, 1.54) is 6.33 Å². The molecule has 188 valence electrons. The number of anilines is 1. The van der Waals surface area contributed by atoms with E-state index in [1.807, 2.05) is 0 Å². The third-order valence-corrected chi connectivity index (χ3v) is 7.29. The zero-order chi connectivity index (χ0) is 25.5. The van der Waals surface area contributed by atoms with E-state index in [9.17, 15) is 14.5 Å². The molecule has 2 aromatic heterocycles. The molecule has 0 aromatic carbocycles. The third-order valence-electron chi connectivity index (χ3n) is 5.98. The van der Waals surface area contributed by atoms with Crippen LogP contribution < -0.4 is 11.1 Å². The Kier molecular flexibility index (Phi) is 7.03. The van der Waals surface area contributed by atoms with Gasteiger partial charge in [-0.2, -0.15) is 9.97 Å². The monoisotopic (exact) mass is 525 g/mol. The summed E-state index contributed by atoms with van der Waals surface area (Å²) in [4.78, 5) is 24.6. The maximum atomic E-state index is 12.8. The number of nitrogens with one attached hydrogen (secondary N) is 1. The molecule has 1 saturated heterocycles. The average molecular weight is 526 g/mol. The molecule has 4 rings (SSSR count). The molecule has 1 aliphatic carbocycles. The quantitative estimate of drug-likeness (QED) is 0.189. The van der Waals surface area contributed by atoms with Gasteiger partial charge in [-0.1, -0.05) is 5.92 Å². The van der Waals surface area contributed by atoms with Crippen molar-refractivity contribution in [1.82, 2.24) is 24.8 Å². The fourth-order valence-corrected chi connectivity index (χ4v) is 4.99. The Morgan fingerprint density at radius 1 is 1.49 bits per heavy atom. The number of rotatable bonds is 9. The third kappa shape index (κ3) is 4.98. The molecule has 1 aliphatic heterocycles. The molecule has 14 heteroatoms. The normalized spacial score (nSPS) is 26.5. The molecular weight excluding hydrogens is 499 g/mol. The largest absolute Gasteiger partial charge is 0.527 e. The molecule has 0 amide bonds. The topological polar surface area (TPSA) is 164 Å². The van der Waals surface area contributed by atoms with Crippen LogP contribution in [0.25, 0.3) is 11.2 Å². The maximum absolute atomic E-state index is 12.8. The van der Waals surface area contributed by atoms with Gasteiger partial charge in [0.25, 0.3) is 0 Å². The first-order chi connectivity index (χ1) is 16.5. The van der Waals surface area contributed by atoms with Gasteiger partial charge in [0.2, 0.25) is 11.1 Å². The second kappa shape index (κ2) is 9.58. The Labute approximate surface area is 207 Å². The Morgan fingerprint density at radius 3 is 2.83 bits per heavy atom. The number of carbonyl (C=O) groups excluding carboxylic acids is 1. The van der Waals surface area contributed by atoms with Crippen molar-refractivity contribution >= 4 is 42.6 Å². The van der Waals surface area contributed by atoms with Crippen molar-refractivity contribution in [2.24, 2.45) is 0 Å². The number of aromatic nitrogens is 4. The number of esters is 1. The summed E-state index contributed by atoms with van der Waals surface area (Å²) in [6, 6.07) is 0. The van der Waals surface area contributed by atoms with Gasteiger partial charge in [0.1, 0.15) is 30.0 Å². The number of ether oxygens (including phenoxy) is 2. The van der Waals surface area contributed by atoms with Crippen LogP contribution in [0.3, 0.4) is 0 Å². The summed E-state index contributed by atoms with van der Waals surface area (Å²) in [6.45, 7) is 4.84. The Hall–Kier alpha value is -2.39. The number of terminal acetylenes is 1. The first-order valence-electron chi connectivity index (χ1n) is 11.1. The van der Waals surface area contributed by atoms with Gasteiger partial charge in [0.15, 0.2) is 17.1 Å². The summed E-state index contributed by atoms with van der Waals surface area (Å²) in [7, 11) is -2.31. The van der Waals surface area contributed by atoms with E-state index in [0.29, 0.717) is 24.0 Å². The summed E-state index contributed by atoms with van der Waals surface area (Å²) in [5.41, 5.74) is 4.08. The number of carbonyl (C=O) groups is 1. The lowest BCUT2D eigenvalue weighted by Crippen LogP contribution is -2.45. The van der Waals surface area contributed by atoms with Crippen LogP contribution in [0.5, 0.6) is 0 Å². The van der Waals surface area contributed by atoms with Gasteiger partial charge >= 0.3 is 14.0 Å². The number of hydrogen-bond donors (Lipinski definition) is 3. The minimum Gasteiger partial charge on any atom is -0.462 e. The molecule has 4 N–H and O–H groups in total. The lowest BCUT2D eigenvalue weighted by atomic mass is 9.99. The predicted molar refractivity (Wildman–Crippen MR) is 126 cm³/mol. The highest BCUT2D eigenvalue weighted by Gasteiger charge is 2.56. The van der Waals surface area contributed by atoms with E-state index in [4.69, 9.17) is 37.8 Å².